The maximum absolute atomic E-state index is 3.59. The van der Waals surface area contributed by atoms with E-state index in [1.54, 1.807) is 0 Å². The summed E-state index contributed by atoms with van der Waals surface area (Å²) in [5.74, 6) is 0. The molecule has 0 fully saturated rings. The van der Waals surface area contributed by atoms with E-state index in [4.69, 9.17) is 0 Å². The molecule has 0 N–H and O–H groups in total. The van der Waals surface area contributed by atoms with Crippen LogP contribution in [0.1, 0.15) is 0 Å². The van der Waals surface area contributed by atoms with Crippen LogP contribution < -0.4 is 0 Å². The average Bonchev–Trinajstić information content (AvgIpc) is 2.60. The van der Waals surface area contributed by atoms with Crippen molar-refractivity contribution in [1.82, 2.24) is 0 Å². The van der Waals surface area contributed by atoms with Crippen LogP contribution >= 0.6 is 31.9 Å². The number of hydrogen-bond donors (Lipinski definition) is 0. The SMILES string of the molecule is Brc1cccc(-c2cccc3cccc(-c4cccc(Br)c4)c23)c1. The van der Waals surface area contributed by atoms with Gasteiger partial charge in [-0.25, -0.2) is 0 Å². The molecule has 0 aromatic heterocycles. The van der Waals surface area contributed by atoms with E-state index in [2.05, 4.69) is 117 Å². The molecule has 0 heterocycles. The van der Waals surface area contributed by atoms with Crippen molar-refractivity contribution in [3.63, 3.8) is 0 Å². The lowest BCUT2D eigenvalue weighted by molar-refractivity contribution is 1.59. The minimum Gasteiger partial charge on any atom is -0.0610 e. The highest BCUT2D eigenvalue weighted by molar-refractivity contribution is 9.10. The first kappa shape index (κ1) is 15.6. The predicted molar refractivity (Wildman–Crippen MR) is 110 cm³/mol. The molecule has 0 atom stereocenters. The van der Waals surface area contributed by atoms with E-state index in [0.717, 1.165) is 8.95 Å². The lowest BCUT2D eigenvalue weighted by Crippen LogP contribution is -1.86. The summed E-state index contributed by atoms with van der Waals surface area (Å²) >= 11 is 7.18. The topological polar surface area (TPSA) is 0 Å². The first-order valence-corrected chi connectivity index (χ1v) is 9.34. The summed E-state index contributed by atoms with van der Waals surface area (Å²) < 4.78 is 2.19. The lowest BCUT2D eigenvalue weighted by Gasteiger charge is -2.13. The van der Waals surface area contributed by atoms with Gasteiger partial charge in [0, 0.05) is 8.95 Å². The maximum atomic E-state index is 3.59. The summed E-state index contributed by atoms with van der Waals surface area (Å²) in [6, 6.07) is 30.0. The minimum atomic E-state index is 1.09. The Bertz CT molecular complexity index is 954. The minimum absolute atomic E-state index is 1.09. The smallest absolute Gasteiger partial charge is 0.0181 e. The molecular formula is C22H14Br2. The molecule has 0 nitrogen and oxygen atoms in total. The molecule has 24 heavy (non-hydrogen) atoms. The highest BCUT2D eigenvalue weighted by Gasteiger charge is 2.10. The molecule has 2 heteroatoms. The van der Waals surface area contributed by atoms with Crippen molar-refractivity contribution in [3.8, 4) is 22.3 Å². The Balaban J connectivity index is 2.06. The number of benzene rings is 4. The van der Waals surface area contributed by atoms with Gasteiger partial charge < -0.3 is 0 Å². The van der Waals surface area contributed by atoms with Gasteiger partial charge in [0.25, 0.3) is 0 Å². The van der Waals surface area contributed by atoms with Gasteiger partial charge in [-0.1, -0.05) is 92.5 Å². The summed E-state index contributed by atoms with van der Waals surface area (Å²) in [4.78, 5) is 0. The summed E-state index contributed by atoms with van der Waals surface area (Å²) in [6.45, 7) is 0. The molecule has 0 spiro atoms. The fourth-order valence-corrected chi connectivity index (χ4v) is 3.93. The number of halogens is 2. The van der Waals surface area contributed by atoms with E-state index in [0.29, 0.717) is 0 Å². The fourth-order valence-electron chi connectivity index (χ4n) is 3.13. The van der Waals surface area contributed by atoms with Crippen LogP contribution in [0, 0.1) is 0 Å². The van der Waals surface area contributed by atoms with Gasteiger partial charge in [0.15, 0.2) is 0 Å². The Morgan fingerprint density at radius 1 is 0.500 bits per heavy atom. The lowest BCUT2D eigenvalue weighted by atomic mass is 9.91. The van der Waals surface area contributed by atoms with Crippen molar-refractivity contribution in [1.29, 1.82) is 0 Å². The highest BCUT2D eigenvalue weighted by atomic mass is 79.9. The van der Waals surface area contributed by atoms with Crippen molar-refractivity contribution in [2.45, 2.75) is 0 Å². The zero-order valence-electron chi connectivity index (χ0n) is 12.8. The van der Waals surface area contributed by atoms with Crippen LogP contribution in [0.4, 0.5) is 0 Å². The molecule has 0 saturated heterocycles. The van der Waals surface area contributed by atoms with Gasteiger partial charge >= 0.3 is 0 Å². The summed E-state index contributed by atoms with van der Waals surface area (Å²) in [5.41, 5.74) is 4.95. The Morgan fingerprint density at radius 2 is 0.958 bits per heavy atom. The standard InChI is InChI=1S/C22H14Br2/c23-18-9-1-7-16(13-18)20-11-3-5-15-6-4-12-21(22(15)20)17-8-2-10-19(24)14-17/h1-14H. The van der Waals surface area contributed by atoms with Gasteiger partial charge in [0.2, 0.25) is 0 Å². The molecule has 0 saturated carbocycles. The van der Waals surface area contributed by atoms with Gasteiger partial charge in [-0.3, -0.25) is 0 Å². The molecule has 4 rings (SSSR count). The third-order valence-electron chi connectivity index (χ3n) is 4.18. The normalized spacial score (nSPS) is 10.9. The molecular weight excluding hydrogens is 424 g/mol. The maximum Gasteiger partial charge on any atom is 0.0181 e. The van der Waals surface area contributed by atoms with Crippen LogP contribution in [0.25, 0.3) is 33.0 Å². The Kier molecular flexibility index (Phi) is 4.26. The number of hydrogen-bond acceptors (Lipinski definition) is 0. The van der Waals surface area contributed by atoms with E-state index in [1.807, 2.05) is 0 Å². The van der Waals surface area contributed by atoms with Gasteiger partial charge in [-0.05, 0) is 57.3 Å². The number of fused-ring (bicyclic) bond motifs is 1. The molecule has 0 aliphatic carbocycles. The van der Waals surface area contributed by atoms with Crippen LogP contribution in [-0.4, -0.2) is 0 Å². The molecule has 116 valence electrons. The second-order valence-electron chi connectivity index (χ2n) is 5.73. The van der Waals surface area contributed by atoms with Gasteiger partial charge in [-0.15, -0.1) is 0 Å². The molecule has 4 aromatic rings. The molecule has 0 amide bonds. The van der Waals surface area contributed by atoms with E-state index in [-0.39, 0.29) is 0 Å². The van der Waals surface area contributed by atoms with E-state index >= 15 is 0 Å². The van der Waals surface area contributed by atoms with Gasteiger partial charge in [0.1, 0.15) is 0 Å². The summed E-state index contributed by atoms with van der Waals surface area (Å²) in [7, 11) is 0. The molecule has 0 unspecified atom stereocenters. The first-order valence-electron chi connectivity index (χ1n) is 7.76. The predicted octanol–water partition coefficient (Wildman–Crippen LogP) is 7.70. The molecule has 0 bridgehead atoms. The van der Waals surface area contributed by atoms with E-state index < -0.39 is 0 Å². The molecule has 0 radical (unpaired) electrons. The Morgan fingerprint density at radius 3 is 1.42 bits per heavy atom. The second kappa shape index (κ2) is 6.54. The third kappa shape index (κ3) is 2.92. The van der Waals surface area contributed by atoms with E-state index in [1.165, 1.54) is 33.0 Å². The van der Waals surface area contributed by atoms with Gasteiger partial charge in [0.05, 0.1) is 0 Å². The fraction of sp³-hybridized carbons (Fsp3) is 0. The van der Waals surface area contributed by atoms with Gasteiger partial charge in [-0.2, -0.15) is 0 Å². The monoisotopic (exact) mass is 436 g/mol. The molecule has 0 aliphatic heterocycles. The van der Waals surface area contributed by atoms with Crippen LogP contribution in [0.3, 0.4) is 0 Å². The van der Waals surface area contributed by atoms with Crippen molar-refractivity contribution in [3.05, 3.63) is 93.9 Å². The Labute approximate surface area is 158 Å². The van der Waals surface area contributed by atoms with Crippen molar-refractivity contribution in [2.24, 2.45) is 0 Å². The van der Waals surface area contributed by atoms with Crippen molar-refractivity contribution < 1.29 is 0 Å². The van der Waals surface area contributed by atoms with Crippen LogP contribution in [0.2, 0.25) is 0 Å². The van der Waals surface area contributed by atoms with Crippen LogP contribution in [0.5, 0.6) is 0 Å². The number of rotatable bonds is 2. The zero-order valence-corrected chi connectivity index (χ0v) is 16.0. The molecule has 4 aromatic carbocycles. The average molecular weight is 438 g/mol. The van der Waals surface area contributed by atoms with Crippen LogP contribution in [-0.2, 0) is 0 Å². The first-order chi connectivity index (χ1) is 11.7. The van der Waals surface area contributed by atoms with Crippen molar-refractivity contribution in [2.75, 3.05) is 0 Å². The summed E-state index contributed by atoms with van der Waals surface area (Å²) in [5, 5.41) is 2.54. The second-order valence-corrected chi connectivity index (χ2v) is 7.56. The quantitative estimate of drug-likeness (QED) is 0.301. The summed E-state index contributed by atoms with van der Waals surface area (Å²) in [6.07, 6.45) is 0. The largest absolute Gasteiger partial charge is 0.0610 e. The molecule has 0 aliphatic rings. The third-order valence-corrected chi connectivity index (χ3v) is 5.16. The van der Waals surface area contributed by atoms with Crippen molar-refractivity contribution >= 4 is 42.6 Å². The van der Waals surface area contributed by atoms with Crippen LogP contribution in [0.15, 0.2) is 93.9 Å². The zero-order chi connectivity index (χ0) is 16.5. The van der Waals surface area contributed by atoms with E-state index in [9.17, 15) is 0 Å². The highest BCUT2D eigenvalue weighted by Crippen LogP contribution is 2.37. The Hall–Kier alpha value is -1.90.